The van der Waals surface area contributed by atoms with Crippen LogP contribution in [0.1, 0.15) is 103 Å². The minimum atomic E-state index is -2.93. The maximum Gasteiger partial charge on any atom is 0.270 e. The van der Waals surface area contributed by atoms with Gasteiger partial charge < -0.3 is 9.47 Å². The number of ether oxygens (including phenoxy) is 2. The molecular weight excluding hydrogens is 413 g/mol. The molecule has 0 unspecified atom stereocenters. The number of hydrogen-bond donors (Lipinski definition) is 0. The molecule has 1 aromatic rings. The number of benzene rings is 1. The minimum absolute atomic E-state index is 0.0514. The van der Waals surface area contributed by atoms with E-state index in [-0.39, 0.29) is 18.1 Å². The maximum absolute atomic E-state index is 14.4. The quantitative estimate of drug-likeness (QED) is 0.311. The van der Waals surface area contributed by atoms with Crippen LogP contribution in [0, 0.1) is 29.5 Å². The summed E-state index contributed by atoms with van der Waals surface area (Å²) in [5, 5.41) is 0. The average Bonchev–Trinajstić information content (AvgIpc) is 2.80. The van der Waals surface area contributed by atoms with Gasteiger partial charge in [0, 0.05) is 0 Å². The number of unbranched alkanes of at least 4 members (excludes halogenated alkanes) is 2. The molecule has 182 valence electrons. The van der Waals surface area contributed by atoms with Crippen molar-refractivity contribution in [3.63, 3.8) is 0 Å². The lowest BCUT2D eigenvalue weighted by Gasteiger charge is -2.38. The topological polar surface area (TPSA) is 18.5 Å². The molecule has 5 heteroatoms. The van der Waals surface area contributed by atoms with Gasteiger partial charge in [-0.1, -0.05) is 45.4 Å². The first-order valence-electron chi connectivity index (χ1n) is 12.9. The Kier molecular flexibility index (Phi) is 10.1. The van der Waals surface area contributed by atoms with Crippen molar-refractivity contribution >= 4 is 0 Å². The summed E-state index contributed by atoms with van der Waals surface area (Å²) < 4.78 is 52.2. The highest BCUT2D eigenvalue weighted by Crippen LogP contribution is 2.43. The summed E-state index contributed by atoms with van der Waals surface area (Å²) in [5.41, 5.74) is -0.680. The summed E-state index contributed by atoms with van der Waals surface area (Å²) in [6.45, 7) is 4.57. The van der Waals surface area contributed by atoms with E-state index in [9.17, 15) is 13.2 Å². The highest BCUT2D eigenvalue weighted by atomic mass is 19.3. The van der Waals surface area contributed by atoms with Crippen LogP contribution < -0.4 is 9.47 Å². The zero-order valence-corrected chi connectivity index (χ0v) is 19.9. The van der Waals surface area contributed by atoms with Crippen LogP contribution in [-0.4, -0.2) is 13.2 Å². The Morgan fingerprint density at radius 1 is 0.812 bits per heavy atom. The summed E-state index contributed by atoms with van der Waals surface area (Å²) in [6.07, 6.45) is 12.7. The van der Waals surface area contributed by atoms with Crippen LogP contribution in [0.15, 0.2) is 12.1 Å². The van der Waals surface area contributed by atoms with Crippen LogP contribution in [0.3, 0.4) is 0 Å². The summed E-state index contributed by atoms with van der Waals surface area (Å²) in [6, 6.07) is 2.80. The van der Waals surface area contributed by atoms with Gasteiger partial charge in [-0.15, -0.1) is 0 Å². The largest absolute Gasteiger partial charge is 0.493 e. The molecule has 32 heavy (non-hydrogen) atoms. The van der Waals surface area contributed by atoms with Crippen molar-refractivity contribution in [2.24, 2.45) is 23.7 Å². The van der Waals surface area contributed by atoms with E-state index in [4.69, 9.17) is 9.47 Å². The fourth-order valence-electron chi connectivity index (χ4n) is 5.82. The highest BCUT2D eigenvalue weighted by Gasteiger charge is 2.31. The van der Waals surface area contributed by atoms with E-state index in [1.165, 1.54) is 76.3 Å². The first-order valence-corrected chi connectivity index (χ1v) is 12.9. The van der Waals surface area contributed by atoms with E-state index in [1.54, 1.807) is 6.92 Å². The van der Waals surface area contributed by atoms with Crippen LogP contribution >= 0.6 is 0 Å². The van der Waals surface area contributed by atoms with E-state index in [2.05, 4.69) is 6.92 Å². The fourth-order valence-corrected chi connectivity index (χ4v) is 5.82. The predicted octanol–water partition coefficient (Wildman–Crippen LogP) is 8.73. The lowest BCUT2D eigenvalue weighted by molar-refractivity contribution is 0.114. The van der Waals surface area contributed by atoms with Crippen molar-refractivity contribution in [1.29, 1.82) is 0 Å². The number of halogens is 3. The molecule has 3 rings (SSSR count). The zero-order chi connectivity index (χ0) is 22.9. The van der Waals surface area contributed by atoms with E-state index in [1.807, 2.05) is 0 Å². The summed E-state index contributed by atoms with van der Waals surface area (Å²) in [7, 11) is 0. The Morgan fingerprint density at radius 3 is 1.97 bits per heavy atom. The highest BCUT2D eigenvalue weighted by molar-refractivity contribution is 5.42. The van der Waals surface area contributed by atoms with Crippen molar-refractivity contribution in [3.05, 3.63) is 23.5 Å². The van der Waals surface area contributed by atoms with Crippen LogP contribution in [0.5, 0.6) is 11.5 Å². The minimum Gasteiger partial charge on any atom is -0.493 e. The summed E-state index contributed by atoms with van der Waals surface area (Å²) in [4.78, 5) is 0. The third-order valence-electron chi connectivity index (χ3n) is 7.76. The molecule has 0 heterocycles. The SMILES string of the molecule is CCCCCC1CCC(C2CCC(COc3ccc(OCC)c(F)c3C(F)F)CC2)CC1. The second-order valence-electron chi connectivity index (χ2n) is 9.89. The van der Waals surface area contributed by atoms with E-state index < -0.39 is 17.8 Å². The molecule has 0 radical (unpaired) electrons. The molecule has 2 aliphatic rings. The van der Waals surface area contributed by atoms with Gasteiger partial charge in [-0.25, -0.2) is 13.2 Å². The summed E-state index contributed by atoms with van der Waals surface area (Å²) in [5.74, 6) is 1.78. The van der Waals surface area contributed by atoms with Gasteiger partial charge in [-0.3, -0.25) is 0 Å². The normalized spacial score (nSPS) is 26.3. The fraction of sp³-hybridized carbons (Fsp3) is 0.778. The second kappa shape index (κ2) is 12.7. The monoisotopic (exact) mass is 454 g/mol. The van der Waals surface area contributed by atoms with Crippen molar-refractivity contribution in [1.82, 2.24) is 0 Å². The van der Waals surface area contributed by atoms with Crippen LogP contribution in [0.2, 0.25) is 0 Å². The van der Waals surface area contributed by atoms with Gasteiger partial charge in [0.05, 0.1) is 18.8 Å². The zero-order valence-electron chi connectivity index (χ0n) is 19.9. The lowest BCUT2D eigenvalue weighted by Crippen LogP contribution is -2.27. The molecule has 0 N–H and O–H groups in total. The molecule has 0 spiro atoms. The van der Waals surface area contributed by atoms with E-state index in [0.717, 1.165) is 30.6 Å². The molecule has 2 fully saturated rings. The van der Waals surface area contributed by atoms with Gasteiger partial charge in [-0.2, -0.15) is 0 Å². The Hall–Kier alpha value is -1.39. The van der Waals surface area contributed by atoms with E-state index in [0.29, 0.717) is 12.5 Å². The number of alkyl halides is 2. The molecule has 2 nitrogen and oxygen atoms in total. The third kappa shape index (κ3) is 6.81. The number of rotatable bonds is 11. The molecule has 0 amide bonds. The van der Waals surface area contributed by atoms with Crippen LogP contribution in [0.4, 0.5) is 13.2 Å². The van der Waals surface area contributed by atoms with Crippen LogP contribution in [-0.2, 0) is 0 Å². The molecular formula is C27H41F3O2. The van der Waals surface area contributed by atoms with E-state index >= 15 is 0 Å². The number of hydrogen-bond acceptors (Lipinski definition) is 2. The van der Waals surface area contributed by atoms with Gasteiger partial charge in [0.2, 0.25) is 0 Å². The molecule has 2 aliphatic carbocycles. The van der Waals surface area contributed by atoms with Gasteiger partial charge in [0.15, 0.2) is 11.6 Å². The third-order valence-corrected chi connectivity index (χ3v) is 7.76. The van der Waals surface area contributed by atoms with Gasteiger partial charge >= 0.3 is 0 Å². The Morgan fingerprint density at radius 2 is 1.41 bits per heavy atom. The molecule has 0 aromatic heterocycles. The Bertz CT molecular complexity index is 678. The predicted molar refractivity (Wildman–Crippen MR) is 123 cm³/mol. The molecule has 0 aliphatic heterocycles. The van der Waals surface area contributed by atoms with Crippen molar-refractivity contribution < 1.29 is 22.6 Å². The Balaban J connectivity index is 1.44. The molecule has 0 bridgehead atoms. The van der Waals surface area contributed by atoms with Crippen molar-refractivity contribution in [2.75, 3.05) is 13.2 Å². The van der Waals surface area contributed by atoms with Gasteiger partial charge in [0.1, 0.15) is 5.75 Å². The molecule has 1 aromatic carbocycles. The van der Waals surface area contributed by atoms with Gasteiger partial charge in [0.25, 0.3) is 6.43 Å². The van der Waals surface area contributed by atoms with Crippen LogP contribution in [0.25, 0.3) is 0 Å². The average molecular weight is 455 g/mol. The second-order valence-corrected chi connectivity index (χ2v) is 9.89. The first kappa shape index (κ1) is 25.2. The van der Waals surface area contributed by atoms with Gasteiger partial charge in [-0.05, 0) is 81.3 Å². The molecule has 2 saturated carbocycles. The Labute approximate surface area is 192 Å². The molecule has 0 atom stereocenters. The smallest absolute Gasteiger partial charge is 0.270 e. The standard InChI is InChI=1S/C27H41F3O2/c1-3-5-6-7-19-8-12-21(13-9-19)22-14-10-20(11-15-22)18-32-23-16-17-24(31-4-2)26(28)25(23)27(29)30/h16-17,19-22,27H,3-15,18H2,1-2H3. The maximum atomic E-state index is 14.4. The van der Waals surface area contributed by atoms with Crippen molar-refractivity contribution in [2.45, 2.75) is 97.3 Å². The lowest BCUT2D eigenvalue weighted by atomic mass is 9.69. The summed E-state index contributed by atoms with van der Waals surface area (Å²) >= 11 is 0. The molecule has 0 saturated heterocycles. The first-order chi connectivity index (χ1) is 15.5. The van der Waals surface area contributed by atoms with Crippen molar-refractivity contribution in [3.8, 4) is 11.5 Å².